The van der Waals surface area contributed by atoms with E-state index in [0.717, 1.165) is 32.1 Å². The van der Waals surface area contributed by atoms with E-state index in [-0.39, 0.29) is 27.8 Å². The predicted octanol–water partition coefficient (Wildman–Crippen LogP) is 5.40. The maximum Gasteiger partial charge on any atom is 0.138 e. The van der Waals surface area contributed by atoms with Crippen LogP contribution in [0.1, 0.15) is 79.6 Å². The van der Waals surface area contributed by atoms with Crippen molar-refractivity contribution in [1.82, 2.24) is 0 Å². The number of allylic oxidation sites excluding steroid dienone is 1. The third-order valence-electron chi connectivity index (χ3n) is 9.60. The van der Waals surface area contributed by atoms with E-state index < -0.39 is 0 Å². The van der Waals surface area contributed by atoms with Crippen molar-refractivity contribution in [3.63, 3.8) is 0 Å². The molecule has 0 aromatic carbocycles. The van der Waals surface area contributed by atoms with Gasteiger partial charge in [0.2, 0.25) is 0 Å². The molecular formula is C22H34O3. The highest BCUT2D eigenvalue weighted by Crippen LogP contribution is 2.73. The van der Waals surface area contributed by atoms with Gasteiger partial charge in [-0.05, 0) is 66.6 Å². The Labute approximate surface area is 152 Å². The Morgan fingerprint density at radius 3 is 2.44 bits per heavy atom. The molecule has 0 radical (unpaired) electrons. The zero-order valence-corrected chi connectivity index (χ0v) is 16.5. The van der Waals surface area contributed by atoms with Crippen LogP contribution in [0.2, 0.25) is 0 Å². The van der Waals surface area contributed by atoms with Crippen LogP contribution < -0.4 is 0 Å². The lowest BCUT2D eigenvalue weighted by Gasteiger charge is -2.67. The molecule has 1 unspecified atom stereocenters. The average molecular weight is 347 g/mol. The lowest BCUT2D eigenvalue weighted by molar-refractivity contribution is -0.272. The van der Waals surface area contributed by atoms with Gasteiger partial charge in [0.25, 0.3) is 0 Å². The topological polar surface area (TPSA) is 46.5 Å². The predicted molar refractivity (Wildman–Crippen MR) is 98.0 cm³/mol. The molecule has 0 aromatic heterocycles. The van der Waals surface area contributed by atoms with E-state index in [1.165, 1.54) is 18.4 Å². The number of carbonyl (C=O) groups excluding carboxylic acids is 1. The SMILES string of the molecule is CC1(C)C(=O)CC[C@]2(C)[C@H]3CCC4=CC(OO)C[C@@]4(C)[C@]3(C)CC[C@@H]12. The second-order valence-corrected chi connectivity index (χ2v) is 10.6. The molecule has 6 atom stereocenters. The van der Waals surface area contributed by atoms with Crippen molar-refractivity contribution in [2.45, 2.75) is 85.7 Å². The number of hydrogen-bond acceptors (Lipinski definition) is 3. The zero-order valence-electron chi connectivity index (χ0n) is 16.5. The fraction of sp³-hybridized carbons (Fsp3) is 0.864. The Hall–Kier alpha value is -0.670. The molecule has 0 aliphatic heterocycles. The molecule has 4 aliphatic carbocycles. The summed E-state index contributed by atoms with van der Waals surface area (Å²) in [6, 6.07) is 0. The van der Waals surface area contributed by atoms with E-state index in [2.05, 4.69) is 40.7 Å². The Kier molecular flexibility index (Phi) is 3.68. The molecule has 3 saturated carbocycles. The van der Waals surface area contributed by atoms with Gasteiger partial charge in [-0.3, -0.25) is 10.1 Å². The largest absolute Gasteiger partial charge is 0.299 e. The number of hydrogen-bond donors (Lipinski definition) is 1. The minimum Gasteiger partial charge on any atom is -0.299 e. The van der Waals surface area contributed by atoms with Crippen LogP contribution in [-0.4, -0.2) is 17.1 Å². The van der Waals surface area contributed by atoms with E-state index in [1.54, 1.807) is 0 Å². The number of ketones is 1. The molecule has 4 aliphatic rings. The van der Waals surface area contributed by atoms with E-state index in [9.17, 15) is 10.1 Å². The summed E-state index contributed by atoms with van der Waals surface area (Å²) in [7, 11) is 0. The van der Waals surface area contributed by atoms with Gasteiger partial charge in [-0.25, -0.2) is 4.89 Å². The molecule has 1 N–H and O–H groups in total. The normalized spacial score (nSPS) is 51.4. The van der Waals surface area contributed by atoms with Crippen LogP contribution >= 0.6 is 0 Å². The van der Waals surface area contributed by atoms with Gasteiger partial charge < -0.3 is 0 Å². The molecule has 4 rings (SSSR count). The first-order valence-corrected chi connectivity index (χ1v) is 10.1. The second kappa shape index (κ2) is 5.19. The summed E-state index contributed by atoms with van der Waals surface area (Å²) >= 11 is 0. The Morgan fingerprint density at radius 1 is 1.04 bits per heavy atom. The average Bonchev–Trinajstić information content (AvgIpc) is 2.89. The third kappa shape index (κ3) is 2.03. The highest BCUT2D eigenvalue weighted by atomic mass is 17.1. The maximum atomic E-state index is 12.6. The summed E-state index contributed by atoms with van der Waals surface area (Å²) in [5, 5.41) is 9.26. The standard InChI is InChI=1S/C22H34O3/c1-19(2)16-8-11-21(4)17(20(16,3)10-9-18(19)23)7-6-14-12-15(25-24)13-22(14,21)5/h12,15-17,24H,6-11,13H2,1-5H3/t15?,16-,17+,20-,21+,22+/m0/s1. The molecule has 0 saturated heterocycles. The van der Waals surface area contributed by atoms with Crippen LogP contribution in [0.25, 0.3) is 0 Å². The zero-order chi connectivity index (χ0) is 18.3. The van der Waals surface area contributed by atoms with Gasteiger partial charge in [0.1, 0.15) is 11.9 Å². The van der Waals surface area contributed by atoms with Gasteiger partial charge in [-0.1, -0.05) is 46.3 Å². The van der Waals surface area contributed by atoms with Crippen molar-refractivity contribution in [1.29, 1.82) is 0 Å². The first-order chi connectivity index (χ1) is 11.6. The molecule has 3 heteroatoms. The molecular weight excluding hydrogens is 312 g/mol. The monoisotopic (exact) mass is 346 g/mol. The van der Waals surface area contributed by atoms with Crippen LogP contribution in [-0.2, 0) is 9.68 Å². The first kappa shape index (κ1) is 17.7. The maximum absolute atomic E-state index is 12.6. The fourth-order valence-corrected chi connectivity index (χ4v) is 7.99. The van der Waals surface area contributed by atoms with Crippen LogP contribution in [0.5, 0.6) is 0 Å². The van der Waals surface area contributed by atoms with Crippen molar-refractivity contribution in [3.05, 3.63) is 11.6 Å². The van der Waals surface area contributed by atoms with Crippen molar-refractivity contribution in [3.8, 4) is 0 Å². The molecule has 0 bridgehead atoms. The number of Topliss-reactive ketones (excluding diaryl/α,β-unsaturated/α-hetero) is 1. The third-order valence-corrected chi connectivity index (χ3v) is 9.60. The van der Waals surface area contributed by atoms with Crippen molar-refractivity contribution < 1.29 is 14.9 Å². The van der Waals surface area contributed by atoms with Crippen molar-refractivity contribution >= 4 is 5.78 Å². The van der Waals surface area contributed by atoms with Crippen LogP contribution in [0.15, 0.2) is 11.6 Å². The molecule has 3 fully saturated rings. The first-order valence-electron chi connectivity index (χ1n) is 10.1. The number of rotatable bonds is 1. The Morgan fingerprint density at radius 2 is 1.76 bits per heavy atom. The van der Waals surface area contributed by atoms with Gasteiger partial charge in [-0.15, -0.1) is 0 Å². The van der Waals surface area contributed by atoms with Crippen LogP contribution in [0.4, 0.5) is 0 Å². The summed E-state index contributed by atoms with van der Waals surface area (Å²) < 4.78 is 0. The van der Waals surface area contributed by atoms with Gasteiger partial charge in [0.15, 0.2) is 0 Å². The van der Waals surface area contributed by atoms with Crippen molar-refractivity contribution in [2.24, 2.45) is 33.5 Å². The van der Waals surface area contributed by atoms with E-state index in [4.69, 9.17) is 4.89 Å². The van der Waals surface area contributed by atoms with Crippen LogP contribution in [0, 0.1) is 33.5 Å². The van der Waals surface area contributed by atoms with Crippen LogP contribution in [0.3, 0.4) is 0 Å². The molecule has 0 spiro atoms. The minimum absolute atomic E-state index is 0.114. The van der Waals surface area contributed by atoms with Gasteiger partial charge in [0.05, 0.1) is 0 Å². The summed E-state index contributed by atoms with van der Waals surface area (Å²) in [6.07, 6.45) is 9.39. The molecule has 0 aromatic rings. The lowest BCUT2D eigenvalue weighted by atomic mass is 9.36. The minimum atomic E-state index is -0.183. The van der Waals surface area contributed by atoms with E-state index in [0.29, 0.717) is 17.6 Å². The number of fused-ring (bicyclic) bond motifs is 5. The Balaban J connectivity index is 1.76. The quantitative estimate of drug-likeness (QED) is 0.393. The summed E-state index contributed by atoms with van der Waals surface area (Å²) in [4.78, 5) is 17.4. The molecule has 3 nitrogen and oxygen atoms in total. The lowest BCUT2D eigenvalue weighted by Crippen LogP contribution is -2.62. The molecule has 0 heterocycles. The summed E-state index contributed by atoms with van der Waals surface area (Å²) in [5.74, 6) is 1.61. The molecule has 25 heavy (non-hydrogen) atoms. The molecule has 140 valence electrons. The van der Waals surface area contributed by atoms with E-state index >= 15 is 0 Å². The molecule has 0 amide bonds. The fourth-order valence-electron chi connectivity index (χ4n) is 7.99. The van der Waals surface area contributed by atoms with Crippen molar-refractivity contribution in [2.75, 3.05) is 0 Å². The van der Waals surface area contributed by atoms with Gasteiger partial charge in [0, 0.05) is 11.8 Å². The van der Waals surface area contributed by atoms with Gasteiger partial charge >= 0.3 is 0 Å². The Bertz CT molecular complexity index is 635. The van der Waals surface area contributed by atoms with E-state index in [1.807, 2.05) is 0 Å². The smallest absolute Gasteiger partial charge is 0.138 e. The number of carbonyl (C=O) groups is 1. The highest BCUT2D eigenvalue weighted by molar-refractivity contribution is 5.85. The second-order valence-electron chi connectivity index (χ2n) is 10.6. The summed E-state index contributed by atoms with van der Waals surface area (Å²) in [6.45, 7) is 11.8. The highest BCUT2D eigenvalue weighted by Gasteiger charge is 2.66. The summed E-state index contributed by atoms with van der Waals surface area (Å²) in [5.41, 5.74) is 1.91. The van der Waals surface area contributed by atoms with Gasteiger partial charge in [-0.2, -0.15) is 0 Å².